The first-order valence-corrected chi connectivity index (χ1v) is 10.3. The molecule has 0 N–H and O–H groups in total. The van der Waals surface area contributed by atoms with Crippen LogP contribution in [0.1, 0.15) is 10.4 Å². The van der Waals surface area contributed by atoms with E-state index in [9.17, 15) is 4.79 Å². The molecule has 0 atom stereocenters. The molecule has 0 aliphatic heterocycles. The van der Waals surface area contributed by atoms with Gasteiger partial charge in [0.1, 0.15) is 0 Å². The van der Waals surface area contributed by atoms with Gasteiger partial charge in [-0.1, -0.05) is 29.5 Å². The summed E-state index contributed by atoms with van der Waals surface area (Å²) in [6.45, 7) is 0.761. The molecular formula is C19H20N2O3S2. The molecule has 7 heteroatoms. The maximum Gasteiger partial charge on any atom is 0.279 e. The summed E-state index contributed by atoms with van der Waals surface area (Å²) < 4.78 is 13.9. The smallest absolute Gasteiger partial charge is 0.279 e. The summed E-state index contributed by atoms with van der Waals surface area (Å²) in [6, 6.07) is 13.0. The normalized spacial score (nSPS) is 11.7. The lowest BCUT2D eigenvalue weighted by molar-refractivity contribution is 0.0998. The van der Waals surface area contributed by atoms with Crippen LogP contribution in [0.15, 0.2) is 47.5 Å². The predicted molar refractivity (Wildman–Crippen MR) is 108 cm³/mol. The Kier molecular flexibility index (Phi) is 6.00. The number of hydrogen-bond acceptors (Lipinski definition) is 5. The van der Waals surface area contributed by atoms with Crippen molar-refractivity contribution in [1.82, 2.24) is 4.57 Å². The molecule has 1 aromatic heterocycles. The minimum Gasteiger partial charge on any atom is -0.493 e. The average molecular weight is 389 g/mol. The quantitative estimate of drug-likeness (QED) is 0.644. The second-order valence-corrected chi connectivity index (χ2v) is 7.48. The van der Waals surface area contributed by atoms with Gasteiger partial charge in [-0.05, 0) is 18.4 Å². The van der Waals surface area contributed by atoms with Crippen LogP contribution in [0.2, 0.25) is 0 Å². The van der Waals surface area contributed by atoms with Crippen molar-refractivity contribution in [3.05, 3.63) is 52.8 Å². The van der Waals surface area contributed by atoms with Crippen molar-refractivity contribution in [3.63, 3.8) is 0 Å². The monoisotopic (exact) mass is 388 g/mol. The van der Waals surface area contributed by atoms with Gasteiger partial charge >= 0.3 is 0 Å². The van der Waals surface area contributed by atoms with Crippen molar-refractivity contribution in [2.75, 3.05) is 26.2 Å². The fourth-order valence-electron chi connectivity index (χ4n) is 2.61. The third-order valence-electron chi connectivity index (χ3n) is 3.93. The Morgan fingerprint density at radius 2 is 1.85 bits per heavy atom. The number of aromatic nitrogens is 1. The highest BCUT2D eigenvalue weighted by Crippen LogP contribution is 2.33. The van der Waals surface area contributed by atoms with E-state index in [2.05, 4.69) is 15.8 Å². The van der Waals surface area contributed by atoms with Crippen LogP contribution in [-0.4, -0.2) is 36.7 Å². The molecule has 1 amide bonds. The van der Waals surface area contributed by atoms with E-state index in [4.69, 9.17) is 9.47 Å². The Bertz CT molecular complexity index is 978. The summed E-state index contributed by atoms with van der Waals surface area (Å²) in [6.07, 6.45) is 2.06. The zero-order valence-corrected chi connectivity index (χ0v) is 16.5. The summed E-state index contributed by atoms with van der Waals surface area (Å²) >= 11 is 3.23. The molecule has 0 unspecified atom stereocenters. The van der Waals surface area contributed by atoms with E-state index in [1.54, 1.807) is 38.1 Å². The Labute approximate surface area is 160 Å². The van der Waals surface area contributed by atoms with Crippen molar-refractivity contribution in [3.8, 4) is 11.5 Å². The average Bonchev–Trinajstić information content (AvgIpc) is 3.01. The number of benzene rings is 2. The third-order valence-corrected chi connectivity index (χ3v) is 5.56. The highest BCUT2D eigenvalue weighted by Gasteiger charge is 2.13. The summed E-state index contributed by atoms with van der Waals surface area (Å²) in [5, 5.41) is 0. The summed E-state index contributed by atoms with van der Waals surface area (Å²) in [5.74, 6) is 2.01. The Morgan fingerprint density at radius 3 is 2.50 bits per heavy atom. The van der Waals surface area contributed by atoms with Gasteiger partial charge in [-0.2, -0.15) is 16.8 Å². The minimum absolute atomic E-state index is 0.242. The molecule has 5 nitrogen and oxygen atoms in total. The zero-order chi connectivity index (χ0) is 18.5. The number of ether oxygens (including phenoxy) is 2. The maximum atomic E-state index is 12.5. The fraction of sp³-hybridized carbons (Fsp3) is 0.263. The lowest BCUT2D eigenvalue weighted by Crippen LogP contribution is -2.18. The number of thiazole rings is 1. The molecule has 0 bridgehead atoms. The van der Waals surface area contributed by atoms with Gasteiger partial charge in [0.25, 0.3) is 5.91 Å². The van der Waals surface area contributed by atoms with Crippen LogP contribution < -0.4 is 14.3 Å². The second-order valence-electron chi connectivity index (χ2n) is 5.49. The molecule has 0 aliphatic carbocycles. The van der Waals surface area contributed by atoms with Crippen molar-refractivity contribution in [2.24, 2.45) is 4.99 Å². The summed E-state index contributed by atoms with van der Waals surface area (Å²) in [7, 11) is 3.23. The Balaban J connectivity index is 2.17. The third kappa shape index (κ3) is 3.78. The summed E-state index contributed by atoms with van der Waals surface area (Å²) in [5.41, 5.74) is 1.57. The molecule has 0 saturated heterocycles. The van der Waals surface area contributed by atoms with Gasteiger partial charge in [-0.15, -0.1) is 0 Å². The molecule has 3 rings (SSSR count). The molecule has 0 radical (unpaired) electrons. The number of nitrogens with zero attached hydrogens (tertiary/aromatic N) is 2. The number of thioether (sulfide) groups is 1. The van der Waals surface area contributed by atoms with Crippen LogP contribution in [0.3, 0.4) is 0 Å². The van der Waals surface area contributed by atoms with Crippen LogP contribution in [0, 0.1) is 0 Å². The van der Waals surface area contributed by atoms with Crippen LogP contribution in [-0.2, 0) is 6.54 Å². The van der Waals surface area contributed by atoms with E-state index in [1.165, 1.54) is 11.3 Å². The molecule has 2 aromatic carbocycles. The van der Waals surface area contributed by atoms with Gasteiger partial charge in [0.15, 0.2) is 16.3 Å². The van der Waals surface area contributed by atoms with Crippen LogP contribution >= 0.6 is 23.1 Å². The highest BCUT2D eigenvalue weighted by atomic mass is 32.2. The molecule has 0 spiro atoms. The van der Waals surface area contributed by atoms with Crippen molar-refractivity contribution >= 4 is 39.2 Å². The Hall–Kier alpha value is -2.25. The zero-order valence-electron chi connectivity index (χ0n) is 14.9. The van der Waals surface area contributed by atoms with Crippen LogP contribution in [0.4, 0.5) is 0 Å². The molecule has 0 fully saturated rings. The van der Waals surface area contributed by atoms with E-state index in [1.807, 2.05) is 30.3 Å². The number of rotatable bonds is 6. The fourth-order valence-corrected chi connectivity index (χ4v) is 4.04. The maximum absolute atomic E-state index is 12.5. The number of methoxy groups -OCH3 is 2. The first-order chi connectivity index (χ1) is 12.7. The number of amides is 1. The molecule has 3 aromatic rings. The van der Waals surface area contributed by atoms with Gasteiger partial charge in [0, 0.05) is 30.0 Å². The van der Waals surface area contributed by atoms with Crippen LogP contribution in [0.5, 0.6) is 11.5 Å². The Morgan fingerprint density at radius 1 is 1.15 bits per heavy atom. The van der Waals surface area contributed by atoms with Gasteiger partial charge in [-0.25, -0.2) is 0 Å². The van der Waals surface area contributed by atoms with Crippen LogP contribution in [0.25, 0.3) is 10.2 Å². The number of fused-ring (bicyclic) bond motifs is 1. The second kappa shape index (κ2) is 8.42. The topological polar surface area (TPSA) is 52.8 Å². The van der Waals surface area contributed by atoms with E-state index in [0.717, 1.165) is 22.5 Å². The van der Waals surface area contributed by atoms with E-state index in [0.29, 0.717) is 21.9 Å². The van der Waals surface area contributed by atoms with E-state index < -0.39 is 0 Å². The minimum atomic E-state index is -0.242. The van der Waals surface area contributed by atoms with E-state index in [-0.39, 0.29) is 5.91 Å². The number of carbonyl (C=O) groups excluding carboxylic acids is 1. The van der Waals surface area contributed by atoms with Gasteiger partial charge < -0.3 is 14.0 Å². The number of aryl methyl sites for hydroxylation is 1. The first-order valence-electron chi connectivity index (χ1n) is 8.06. The molecule has 0 saturated carbocycles. The molecule has 0 aliphatic rings. The van der Waals surface area contributed by atoms with Crippen molar-refractivity contribution < 1.29 is 14.3 Å². The highest BCUT2D eigenvalue weighted by molar-refractivity contribution is 7.98. The first kappa shape index (κ1) is 18.5. The molecule has 136 valence electrons. The largest absolute Gasteiger partial charge is 0.493 e. The summed E-state index contributed by atoms with van der Waals surface area (Å²) in [4.78, 5) is 17.6. The SMILES string of the molecule is COc1cc2sc(=NC(=O)c3ccccc3)n(CCSC)c2cc1OC. The molecule has 26 heavy (non-hydrogen) atoms. The number of hydrogen-bond donors (Lipinski definition) is 0. The van der Waals surface area contributed by atoms with Gasteiger partial charge in [-0.3, -0.25) is 4.79 Å². The van der Waals surface area contributed by atoms with Crippen molar-refractivity contribution in [1.29, 1.82) is 0 Å². The molecule has 1 heterocycles. The van der Waals surface area contributed by atoms with Gasteiger partial charge in [0.05, 0.1) is 24.4 Å². The van der Waals surface area contributed by atoms with Crippen molar-refractivity contribution in [2.45, 2.75) is 6.54 Å². The lowest BCUT2D eigenvalue weighted by Gasteiger charge is -2.09. The number of carbonyl (C=O) groups is 1. The predicted octanol–water partition coefficient (Wildman–Crippen LogP) is 3.82. The van der Waals surface area contributed by atoms with Gasteiger partial charge in [0.2, 0.25) is 0 Å². The standard InChI is InChI=1S/C19H20N2O3S2/c1-23-15-11-14-17(12-16(15)24-2)26-19(21(14)9-10-25-3)20-18(22)13-7-5-4-6-8-13/h4-8,11-12H,9-10H2,1-3H3. The van der Waals surface area contributed by atoms with E-state index >= 15 is 0 Å². The lowest BCUT2D eigenvalue weighted by atomic mass is 10.2. The molecular weight excluding hydrogens is 368 g/mol.